The Hall–Kier alpha value is -1.53. The van der Waals surface area contributed by atoms with E-state index in [0.717, 1.165) is 45.1 Å². The first-order chi connectivity index (χ1) is 11.6. The minimum Gasteiger partial charge on any atom is -0.473 e. The van der Waals surface area contributed by atoms with Gasteiger partial charge in [-0.15, -0.1) is 0 Å². The summed E-state index contributed by atoms with van der Waals surface area (Å²) >= 11 is 6.07. The number of β-amino-alcohol motifs (C(OH)–C–C–N with tert-alkyl or cyclic N) is 1. The normalized spacial score (nSPS) is 27.6. The SMILES string of the molecule is O=C(NC1CCC(Oc2ncccc2Cl)CC1)N1CCCC(O)C1. The first kappa shape index (κ1) is 17.3. The Morgan fingerprint density at radius 2 is 2.12 bits per heavy atom. The molecule has 0 spiro atoms. The number of amides is 2. The highest BCUT2D eigenvalue weighted by atomic mass is 35.5. The zero-order valence-corrected chi connectivity index (χ0v) is 14.4. The molecule has 7 heteroatoms. The Morgan fingerprint density at radius 3 is 2.83 bits per heavy atom. The molecule has 0 aromatic carbocycles. The molecule has 1 unspecified atom stereocenters. The minimum atomic E-state index is -0.392. The number of aromatic nitrogens is 1. The number of likely N-dealkylation sites (tertiary alicyclic amines) is 1. The minimum absolute atomic E-state index is 0.0640. The van der Waals surface area contributed by atoms with Gasteiger partial charge in [-0.05, 0) is 50.7 Å². The first-order valence-corrected chi connectivity index (χ1v) is 9.00. The molecule has 2 amide bonds. The van der Waals surface area contributed by atoms with Gasteiger partial charge < -0.3 is 20.1 Å². The molecule has 132 valence electrons. The van der Waals surface area contributed by atoms with Crippen LogP contribution in [0.25, 0.3) is 0 Å². The molecule has 2 N–H and O–H groups in total. The fourth-order valence-electron chi connectivity index (χ4n) is 3.35. The summed E-state index contributed by atoms with van der Waals surface area (Å²) in [5, 5.41) is 13.3. The number of halogens is 1. The summed E-state index contributed by atoms with van der Waals surface area (Å²) in [6.45, 7) is 1.15. The van der Waals surface area contributed by atoms with Crippen LogP contribution in [0, 0.1) is 0 Å². The number of hydrogen-bond donors (Lipinski definition) is 2. The van der Waals surface area contributed by atoms with Crippen molar-refractivity contribution in [3.63, 3.8) is 0 Å². The summed E-state index contributed by atoms with van der Waals surface area (Å²) in [5.74, 6) is 0.481. The number of aliphatic hydroxyl groups is 1. The van der Waals surface area contributed by atoms with Crippen LogP contribution in [0.5, 0.6) is 5.88 Å². The summed E-state index contributed by atoms with van der Waals surface area (Å²) in [6.07, 6.45) is 6.47. The Bertz CT molecular complexity index is 564. The van der Waals surface area contributed by atoms with Gasteiger partial charge in [-0.3, -0.25) is 0 Å². The van der Waals surface area contributed by atoms with Gasteiger partial charge >= 0.3 is 6.03 Å². The van der Waals surface area contributed by atoms with Crippen molar-refractivity contribution in [2.45, 2.75) is 56.8 Å². The van der Waals surface area contributed by atoms with Crippen molar-refractivity contribution < 1.29 is 14.6 Å². The van der Waals surface area contributed by atoms with Crippen LogP contribution < -0.4 is 10.1 Å². The number of carbonyl (C=O) groups excluding carboxylic acids is 1. The van der Waals surface area contributed by atoms with Gasteiger partial charge in [0.25, 0.3) is 0 Å². The smallest absolute Gasteiger partial charge is 0.317 e. The molecule has 1 aliphatic heterocycles. The van der Waals surface area contributed by atoms with Crippen molar-refractivity contribution in [3.8, 4) is 5.88 Å². The molecule has 2 fully saturated rings. The average molecular weight is 354 g/mol. The second-order valence-corrected chi connectivity index (χ2v) is 6.98. The maximum Gasteiger partial charge on any atom is 0.317 e. The summed E-state index contributed by atoms with van der Waals surface area (Å²) in [5.41, 5.74) is 0. The van der Waals surface area contributed by atoms with E-state index < -0.39 is 6.10 Å². The average Bonchev–Trinajstić information content (AvgIpc) is 2.58. The van der Waals surface area contributed by atoms with Crippen molar-refractivity contribution in [2.24, 2.45) is 0 Å². The van der Waals surface area contributed by atoms with Gasteiger partial charge in [-0.1, -0.05) is 11.6 Å². The van der Waals surface area contributed by atoms with Crippen LogP contribution in [0.3, 0.4) is 0 Å². The first-order valence-electron chi connectivity index (χ1n) is 8.62. The summed E-state index contributed by atoms with van der Waals surface area (Å²) in [6, 6.07) is 3.64. The molecule has 1 aliphatic carbocycles. The molecule has 1 saturated carbocycles. The quantitative estimate of drug-likeness (QED) is 0.875. The molecule has 0 bridgehead atoms. The number of nitrogens with zero attached hydrogens (tertiary/aromatic N) is 2. The van der Waals surface area contributed by atoms with E-state index in [2.05, 4.69) is 10.3 Å². The molecular formula is C17H24ClN3O3. The number of urea groups is 1. The van der Waals surface area contributed by atoms with Crippen molar-refractivity contribution in [2.75, 3.05) is 13.1 Å². The van der Waals surface area contributed by atoms with E-state index in [4.69, 9.17) is 16.3 Å². The number of aliphatic hydroxyl groups excluding tert-OH is 1. The summed E-state index contributed by atoms with van der Waals surface area (Å²) in [7, 11) is 0. The monoisotopic (exact) mass is 353 g/mol. The van der Waals surface area contributed by atoms with Crippen LogP contribution >= 0.6 is 11.6 Å². The van der Waals surface area contributed by atoms with Crippen LogP contribution in [0.15, 0.2) is 18.3 Å². The van der Waals surface area contributed by atoms with Crippen molar-refractivity contribution in [1.29, 1.82) is 0 Å². The molecule has 1 aromatic heterocycles. The van der Waals surface area contributed by atoms with Crippen molar-refractivity contribution in [3.05, 3.63) is 23.4 Å². The number of pyridine rings is 1. The third-order valence-corrected chi connectivity index (χ3v) is 4.98. The van der Waals surface area contributed by atoms with Gasteiger partial charge in [0.15, 0.2) is 0 Å². The van der Waals surface area contributed by atoms with E-state index in [0.29, 0.717) is 17.4 Å². The fraction of sp³-hybridized carbons (Fsp3) is 0.647. The highest BCUT2D eigenvalue weighted by molar-refractivity contribution is 6.31. The Balaban J connectivity index is 1.43. The number of piperidine rings is 1. The third kappa shape index (κ3) is 4.51. The Kier molecular flexibility index (Phi) is 5.79. The van der Waals surface area contributed by atoms with E-state index in [9.17, 15) is 9.90 Å². The zero-order chi connectivity index (χ0) is 16.9. The van der Waals surface area contributed by atoms with Gasteiger partial charge in [0.2, 0.25) is 5.88 Å². The predicted molar refractivity (Wildman–Crippen MR) is 91.3 cm³/mol. The van der Waals surface area contributed by atoms with E-state index in [1.165, 1.54) is 0 Å². The second kappa shape index (κ2) is 8.03. The second-order valence-electron chi connectivity index (χ2n) is 6.57. The predicted octanol–water partition coefficient (Wildman–Crippen LogP) is 2.59. The molecule has 0 radical (unpaired) electrons. The van der Waals surface area contributed by atoms with Crippen LogP contribution in [-0.2, 0) is 0 Å². The molecule has 1 atom stereocenters. The van der Waals surface area contributed by atoms with E-state index in [-0.39, 0.29) is 18.2 Å². The molecule has 1 aromatic rings. The Labute approximate surface area is 147 Å². The summed E-state index contributed by atoms with van der Waals surface area (Å²) in [4.78, 5) is 18.1. The number of carbonyl (C=O) groups is 1. The largest absolute Gasteiger partial charge is 0.473 e. The summed E-state index contributed by atoms with van der Waals surface area (Å²) < 4.78 is 5.87. The maximum absolute atomic E-state index is 12.3. The van der Waals surface area contributed by atoms with E-state index in [1.54, 1.807) is 23.2 Å². The van der Waals surface area contributed by atoms with Crippen LogP contribution in [0.4, 0.5) is 4.79 Å². The molecule has 3 rings (SSSR count). The standard InChI is InChI=1S/C17H24ClN3O3/c18-15-4-1-9-19-16(15)24-14-7-5-12(6-8-14)20-17(23)21-10-2-3-13(22)11-21/h1,4,9,12-14,22H,2-3,5-8,10-11H2,(H,20,23). The zero-order valence-electron chi connectivity index (χ0n) is 13.7. The molecule has 24 heavy (non-hydrogen) atoms. The van der Waals surface area contributed by atoms with Gasteiger partial charge in [0, 0.05) is 25.3 Å². The molecule has 6 nitrogen and oxygen atoms in total. The van der Waals surface area contributed by atoms with Crippen molar-refractivity contribution in [1.82, 2.24) is 15.2 Å². The lowest BCUT2D eigenvalue weighted by Crippen LogP contribution is -2.50. The molecule has 2 heterocycles. The van der Waals surface area contributed by atoms with Crippen LogP contribution in [-0.4, -0.2) is 52.4 Å². The van der Waals surface area contributed by atoms with Crippen molar-refractivity contribution >= 4 is 17.6 Å². The molecule has 1 saturated heterocycles. The number of ether oxygens (including phenoxy) is 1. The molecular weight excluding hydrogens is 330 g/mol. The van der Waals surface area contributed by atoms with Gasteiger partial charge in [-0.2, -0.15) is 0 Å². The van der Waals surface area contributed by atoms with Gasteiger partial charge in [0.1, 0.15) is 11.1 Å². The lowest BCUT2D eigenvalue weighted by Gasteiger charge is -2.34. The Morgan fingerprint density at radius 1 is 1.33 bits per heavy atom. The van der Waals surface area contributed by atoms with E-state index in [1.807, 2.05) is 0 Å². The maximum atomic E-state index is 12.3. The number of hydrogen-bond acceptors (Lipinski definition) is 4. The van der Waals surface area contributed by atoms with Crippen LogP contribution in [0.1, 0.15) is 38.5 Å². The lowest BCUT2D eigenvalue weighted by molar-refractivity contribution is 0.0809. The number of rotatable bonds is 3. The lowest BCUT2D eigenvalue weighted by atomic mass is 9.93. The van der Waals surface area contributed by atoms with Gasteiger partial charge in [-0.25, -0.2) is 9.78 Å². The highest BCUT2D eigenvalue weighted by Gasteiger charge is 2.27. The van der Waals surface area contributed by atoms with Gasteiger partial charge in [0.05, 0.1) is 6.10 Å². The highest BCUT2D eigenvalue weighted by Crippen LogP contribution is 2.27. The topological polar surface area (TPSA) is 74.7 Å². The number of nitrogens with one attached hydrogen (secondary N) is 1. The third-order valence-electron chi connectivity index (χ3n) is 4.69. The molecule has 2 aliphatic rings. The fourth-order valence-corrected chi connectivity index (χ4v) is 3.51. The van der Waals surface area contributed by atoms with E-state index >= 15 is 0 Å². The van der Waals surface area contributed by atoms with Crippen LogP contribution in [0.2, 0.25) is 5.02 Å².